The maximum atomic E-state index is 12.7. The Kier molecular flexibility index (Phi) is 10.8. The van der Waals surface area contributed by atoms with E-state index in [0.29, 0.717) is 21.2 Å². The Morgan fingerprint density at radius 1 is 0.509 bits per heavy atom. The van der Waals surface area contributed by atoms with Crippen molar-refractivity contribution in [3.63, 3.8) is 0 Å². The number of rotatable bonds is 3. The van der Waals surface area contributed by atoms with Crippen LogP contribution >= 0.6 is 15.9 Å². The molecule has 57 heavy (non-hydrogen) atoms. The molecule has 9 heteroatoms. The molecule has 0 atom stereocenters. The largest absolute Gasteiger partial charge is 2.00 e. The van der Waals surface area contributed by atoms with Crippen molar-refractivity contribution in [2.75, 3.05) is 0 Å². The van der Waals surface area contributed by atoms with Crippen LogP contribution in [-0.2, 0) is 38.2 Å². The molecule has 2 aliphatic rings. The van der Waals surface area contributed by atoms with Crippen molar-refractivity contribution in [3.8, 4) is 22.3 Å². The quantitative estimate of drug-likeness (QED) is 0.0997. The number of nitrogens with zero attached hydrogens (tertiary/aromatic N) is 5. The summed E-state index contributed by atoms with van der Waals surface area (Å²) < 4.78 is 0.638. The molecule has 0 saturated heterocycles. The van der Waals surface area contributed by atoms with Crippen molar-refractivity contribution in [2.45, 2.75) is 105 Å². The molecule has 0 radical (unpaired) electrons. The topological polar surface area (TPSA) is 97.1 Å². The Hall–Kier alpha value is -4.59. The SMILES string of the molecule is CC(C)(C)c1cc(-c2c3nc(c(Br)c4ccc([n-]4)c([N+](=O)[O-])c4ccc([n-]4)c(-c4cc(C(C)(C)C)cc(C(C)(C)C)c4)c4nc2C=C4)C=C3)cc(C(C)(C)C)c1.[Ni+2]. The first-order chi connectivity index (χ1) is 26.0. The minimum atomic E-state index is -0.399. The Morgan fingerprint density at radius 3 is 1.26 bits per heavy atom. The molecular weight excluding hydrogens is 817 g/mol. The van der Waals surface area contributed by atoms with Crippen LogP contribution in [0.3, 0.4) is 0 Å². The van der Waals surface area contributed by atoms with E-state index in [1.807, 2.05) is 24.3 Å². The number of benzene rings is 2. The van der Waals surface area contributed by atoms with Crippen molar-refractivity contribution in [3.05, 3.63) is 120 Å². The summed E-state index contributed by atoms with van der Waals surface area (Å²) in [6.45, 7) is 26.8. The van der Waals surface area contributed by atoms with Gasteiger partial charge in [0.1, 0.15) is 0 Å². The fourth-order valence-electron chi connectivity index (χ4n) is 7.09. The number of hydrogen-bond acceptors (Lipinski definition) is 4. The van der Waals surface area contributed by atoms with Crippen LogP contribution in [0.25, 0.3) is 68.6 Å². The molecule has 0 amide bonds. The fourth-order valence-corrected chi connectivity index (χ4v) is 7.53. The summed E-state index contributed by atoms with van der Waals surface area (Å²) in [7, 11) is 0. The molecule has 5 heterocycles. The molecule has 0 saturated carbocycles. The van der Waals surface area contributed by atoms with Gasteiger partial charge in [0.25, 0.3) is 0 Å². The van der Waals surface area contributed by atoms with Crippen molar-refractivity contribution in [1.29, 1.82) is 0 Å². The first-order valence-corrected chi connectivity index (χ1v) is 20.0. The van der Waals surface area contributed by atoms with Gasteiger partial charge in [-0.1, -0.05) is 155 Å². The zero-order chi connectivity index (χ0) is 40.7. The summed E-state index contributed by atoms with van der Waals surface area (Å²) in [5.41, 5.74) is 12.4. The van der Waals surface area contributed by atoms with Gasteiger partial charge in [0.2, 0.25) is 5.69 Å². The first-order valence-electron chi connectivity index (χ1n) is 19.2. The maximum absolute atomic E-state index is 12.7. The van der Waals surface area contributed by atoms with Gasteiger partial charge in [-0.2, -0.15) is 0 Å². The third-order valence-electron chi connectivity index (χ3n) is 10.6. The van der Waals surface area contributed by atoms with Gasteiger partial charge in [-0.25, -0.2) is 9.97 Å². The minimum Gasteiger partial charge on any atom is -0.652 e. The van der Waals surface area contributed by atoms with E-state index >= 15 is 0 Å². The molecule has 3 aromatic heterocycles. The van der Waals surface area contributed by atoms with Gasteiger partial charge in [0.15, 0.2) is 0 Å². The maximum Gasteiger partial charge on any atom is 2.00 e. The van der Waals surface area contributed by atoms with Crippen LogP contribution in [0.1, 0.15) is 128 Å². The van der Waals surface area contributed by atoms with E-state index in [4.69, 9.17) is 19.9 Å². The normalized spacial score (nSPS) is 13.2. The van der Waals surface area contributed by atoms with E-state index in [-0.39, 0.29) is 54.9 Å². The summed E-state index contributed by atoms with van der Waals surface area (Å²) in [5.74, 6) is 0. The smallest absolute Gasteiger partial charge is 0.652 e. The van der Waals surface area contributed by atoms with E-state index in [1.54, 1.807) is 18.2 Å². The Bertz CT molecular complexity index is 2610. The fraction of sp³-hybridized carbons (Fsp3) is 0.333. The number of fused-ring (bicyclic) bond motifs is 8. The zero-order valence-electron chi connectivity index (χ0n) is 34.8. The molecule has 2 aliphatic heterocycles. The van der Waals surface area contributed by atoms with Crippen LogP contribution in [0.4, 0.5) is 5.69 Å². The summed E-state index contributed by atoms with van der Waals surface area (Å²) in [5, 5.41) is 12.7. The van der Waals surface area contributed by atoms with Gasteiger partial charge in [-0.15, -0.1) is 11.0 Å². The average Bonchev–Trinajstić information content (AvgIpc) is 3.92. The van der Waals surface area contributed by atoms with Crippen LogP contribution in [0.15, 0.2) is 65.1 Å². The summed E-state index contributed by atoms with van der Waals surface area (Å²) >= 11 is 3.75. The van der Waals surface area contributed by atoms with Crippen LogP contribution in [0, 0.1) is 10.1 Å². The molecule has 0 N–H and O–H groups in total. The van der Waals surface area contributed by atoms with Gasteiger partial charge >= 0.3 is 16.5 Å². The number of aromatic nitrogens is 4. The second-order valence-corrected chi connectivity index (χ2v) is 19.9. The molecule has 7 nitrogen and oxygen atoms in total. The predicted octanol–water partition coefficient (Wildman–Crippen LogP) is 13.1. The van der Waals surface area contributed by atoms with Crippen molar-refractivity contribution in [1.82, 2.24) is 19.9 Å². The van der Waals surface area contributed by atoms with Gasteiger partial charge < -0.3 is 9.97 Å². The van der Waals surface area contributed by atoms with Crippen LogP contribution in [-0.4, -0.2) is 14.9 Å². The zero-order valence-corrected chi connectivity index (χ0v) is 37.4. The van der Waals surface area contributed by atoms with Crippen molar-refractivity contribution >= 4 is 68.0 Å². The second kappa shape index (κ2) is 14.7. The third kappa shape index (κ3) is 8.24. The molecule has 8 bridgehead atoms. The predicted molar refractivity (Wildman–Crippen MR) is 237 cm³/mol. The molecule has 0 aliphatic carbocycles. The summed E-state index contributed by atoms with van der Waals surface area (Å²) in [6, 6.07) is 20.7. The Labute approximate surface area is 354 Å². The number of nitro groups is 1. The van der Waals surface area contributed by atoms with Gasteiger partial charge in [-0.3, -0.25) is 10.1 Å². The van der Waals surface area contributed by atoms with E-state index in [0.717, 1.165) is 39.3 Å². The molecule has 5 aromatic rings. The standard InChI is InChI=1S/C48H50BrN5O2.Ni/c1-45(2,3)29-21-27(22-30(25-29)46(4,5)6)41-33-13-14-34(50-33)42(28-23-31(47(7,8)9)26-32(24-28)48(10,11)12)36-16-19-39(52-36)44(54(55)56)40-20-18-38(53-40)43(49)37-17-15-35(41)51-37;/h13-26H,1-12H3;/q-2;+2. The first kappa shape index (κ1) is 42.0. The molecular formula is C48H50BrN5NiO2. The Morgan fingerprint density at radius 2 is 0.842 bits per heavy atom. The monoisotopic (exact) mass is 865 g/mol. The second-order valence-electron chi connectivity index (χ2n) is 19.1. The van der Waals surface area contributed by atoms with E-state index in [2.05, 4.69) is 141 Å². The van der Waals surface area contributed by atoms with Gasteiger partial charge in [-0.05, 0) is 101 Å². The van der Waals surface area contributed by atoms with E-state index in [1.165, 1.54) is 22.3 Å². The number of hydrogen-bond donors (Lipinski definition) is 0. The molecule has 7 rings (SSSR count). The average molecular weight is 868 g/mol. The van der Waals surface area contributed by atoms with Crippen molar-refractivity contribution in [2.24, 2.45) is 0 Å². The molecule has 0 fully saturated rings. The Balaban J connectivity index is 0.00000549. The van der Waals surface area contributed by atoms with Crippen LogP contribution in [0.2, 0.25) is 0 Å². The van der Waals surface area contributed by atoms with Crippen molar-refractivity contribution < 1.29 is 21.4 Å². The van der Waals surface area contributed by atoms with E-state index in [9.17, 15) is 10.1 Å². The molecule has 0 unspecified atom stereocenters. The number of halogens is 1. The third-order valence-corrected chi connectivity index (χ3v) is 11.4. The van der Waals surface area contributed by atoms with Gasteiger partial charge in [0.05, 0.1) is 27.7 Å². The van der Waals surface area contributed by atoms with Crippen LogP contribution < -0.4 is 9.97 Å². The summed E-state index contributed by atoms with van der Waals surface area (Å²) in [4.78, 5) is 32.7. The van der Waals surface area contributed by atoms with Crippen LogP contribution in [0.5, 0.6) is 0 Å². The van der Waals surface area contributed by atoms with E-state index < -0.39 is 4.92 Å². The molecule has 0 spiro atoms. The minimum absolute atomic E-state index is 0. The van der Waals surface area contributed by atoms with Gasteiger partial charge in [0, 0.05) is 10.0 Å². The molecule has 296 valence electrons. The summed E-state index contributed by atoms with van der Waals surface area (Å²) in [6.07, 6.45) is 8.09. The molecule has 2 aromatic carbocycles.